The molecule has 1 atom stereocenters. The Balaban J connectivity index is 1.69. The lowest BCUT2D eigenvalue weighted by molar-refractivity contribution is 0.112. The van der Waals surface area contributed by atoms with Crippen LogP contribution in [0.15, 0.2) is 18.2 Å². The second-order valence-corrected chi connectivity index (χ2v) is 6.13. The van der Waals surface area contributed by atoms with Crippen molar-refractivity contribution in [3.8, 4) is 11.5 Å². The number of carbonyl (C=O) groups excluding carboxylic acids is 1. The van der Waals surface area contributed by atoms with Crippen molar-refractivity contribution in [2.24, 2.45) is 5.92 Å². The van der Waals surface area contributed by atoms with Gasteiger partial charge in [-0.25, -0.2) is 0 Å². The van der Waals surface area contributed by atoms with Crippen molar-refractivity contribution in [1.82, 2.24) is 4.90 Å². The molecule has 0 bridgehead atoms. The quantitative estimate of drug-likeness (QED) is 0.545. The number of benzene rings is 1. The summed E-state index contributed by atoms with van der Waals surface area (Å²) in [5.74, 6) is 2.17. The molecule has 1 fully saturated rings. The molecule has 1 aliphatic rings. The zero-order valence-corrected chi connectivity index (χ0v) is 13.7. The molecule has 1 aromatic rings. The Kier molecular flexibility index (Phi) is 6.72. The van der Waals surface area contributed by atoms with Gasteiger partial charge in [0.05, 0.1) is 13.7 Å². The van der Waals surface area contributed by atoms with E-state index in [0.29, 0.717) is 23.7 Å². The van der Waals surface area contributed by atoms with E-state index in [0.717, 1.165) is 31.6 Å². The average Bonchev–Trinajstić information content (AvgIpc) is 2.54. The lowest BCUT2D eigenvalue weighted by atomic mass is 10.0. The van der Waals surface area contributed by atoms with Crippen LogP contribution in [0.3, 0.4) is 0 Å². The van der Waals surface area contributed by atoms with E-state index in [9.17, 15) is 4.79 Å². The Morgan fingerprint density at radius 2 is 2.18 bits per heavy atom. The highest BCUT2D eigenvalue weighted by atomic mass is 16.5. The Morgan fingerprint density at radius 3 is 2.91 bits per heavy atom. The molecule has 1 unspecified atom stereocenters. The SMILES string of the molecule is COc1cc(C=O)ccc1OCCCCN1CCCC(C)C1. The number of methoxy groups -OCH3 is 1. The van der Waals surface area contributed by atoms with Crippen molar-refractivity contribution < 1.29 is 14.3 Å². The van der Waals surface area contributed by atoms with Gasteiger partial charge in [0.25, 0.3) is 0 Å². The highest BCUT2D eigenvalue weighted by Gasteiger charge is 2.15. The molecule has 122 valence electrons. The zero-order chi connectivity index (χ0) is 15.8. The summed E-state index contributed by atoms with van der Waals surface area (Å²) in [6, 6.07) is 5.26. The third-order valence-electron chi connectivity index (χ3n) is 4.19. The lowest BCUT2D eigenvalue weighted by Crippen LogP contribution is -2.35. The molecule has 0 radical (unpaired) electrons. The van der Waals surface area contributed by atoms with Crippen molar-refractivity contribution in [3.05, 3.63) is 23.8 Å². The van der Waals surface area contributed by atoms with Gasteiger partial charge in [-0.3, -0.25) is 4.79 Å². The molecule has 2 rings (SSSR count). The highest BCUT2D eigenvalue weighted by Crippen LogP contribution is 2.27. The van der Waals surface area contributed by atoms with Gasteiger partial charge in [-0.15, -0.1) is 0 Å². The third kappa shape index (κ3) is 5.02. The number of aldehydes is 1. The fourth-order valence-corrected chi connectivity index (χ4v) is 2.99. The number of nitrogens with zero attached hydrogens (tertiary/aromatic N) is 1. The second kappa shape index (κ2) is 8.79. The molecule has 1 heterocycles. The molecule has 0 saturated carbocycles. The number of unbranched alkanes of at least 4 members (excludes halogenated alkanes) is 1. The molecule has 4 nitrogen and oxygen atoms in total. The van der Waals surface area contributed by atoms with Gasteiger partial charge in [0.2, 0.25) is 0 Å². The normalized spacial score (nSPS) is 18.9. The van der Waals surface area contributed by atoms with Crippen LogP contribution in [0.1, 0.15) is 43.0 Å². The minimum Gasteiger partial charge on any atom is -0.493 e. The van der Waals surface area contributed by atoms with Crippen molar-refractivity contribution in [1.29, 1.82) is 0 Å². The van der Waals surface area contributed by atoms with Crippen molar-refractivity contribution in [2.75, 3.05) is 33.4 Å². The molecule has 1 aromatic carbocycles. The maximum atomic E-state index is 10.8. The first-order valence-corrected chi connectivity index (χ1v) is 8.21. The summed E-state index contributed by atoms with van der Waals surface area (Å²) in [5, 5.41) is 0. The van der Waals surface area contributed by atoms with E-state index in [4.69, 9.17) is 9.47 Å². The Hall–Kier alpha value is -1.55. The maximum absolute atomic E-state index is 10.8. The molecule has 1 aliphatic heterocycles. The Morgan fingerprint density at radius 1 is 1.32 bits per heavy atom. The monoisotopic (exact) mass is 305 g/mol. The second-order valence-electron chi connectivity index (χ2n) is 6.13. The average molecular weight is 305 g/mol. The van der Waals surface area contributed by atoms with Gasteiger partial charge in [-0.05, 0) is 62.9 Å². The molecule has 0 amide bonds. The van der Waals surface area contributed by atoms with E-state index in [1.165, 1.54) is 25.9 Å². The molecule has 4 heteroatoms. The van der Waals surface area contributed by atoms with Gasteiger partial charge in [-0.1, -0.05) is 6.92 Å². The maximum Gasteiger partial charge on any atom is 0.161 e. The van der Waals surface area contributed by atoms with Crippen molar-refractivity contribution in [2.45, 2.75) is 32.6 Å². The molecular weight excluding hydrogens is 278 g/mol. The lowest BCUT2D eigenvalue weighted by Gasteiger charge is -2.30. The first kappa shape index (κ1) is 16.8. The van der Waals surface area contributed by atoms with Crippen LogP contribution in [0.4, 0.5) is 0 Å². The van der Waals surface area contributed by atoms with E-state index in [-0.39, 0.29) is 0 Å². The van der Waals surface area contributed by atoms with Gasteiger partial charge in [-0.2, -0.15) is 0 Å². The van der Waals surface area contributed by atoms with Crippen LogP contribution in [0.25, 0.3) is 0 Å². The standard InChI is InChI=1S/C18H27NO3/c1-15-6-5-10-19(13-15)9-3-4-11-22-17-8-7-16(14-20)12-18(17)21-2/h7-8,12,14-15H,3-6,9-11,13H2,1-2H3. The molecule has 1 saturated heterocycles. The van der Waals surface area contributed by atoms with E-state index in [1.807, 2.05) is 0 Å². The van der Waals surface area contributed by atoms with Crippen molar-refractivity contribution in [3.63, 3.8) is 0 Å². The number of rotatable bonds is 8. The minimum atomic E-state index is 0.600. The van der Waals surface area contributed by atoms with Gasteiger partial charge in [0.1, 0.15) is 6.29 Å². The summed E-state index contributed by atoms with van der Waals surface area (Å²) in [6.45, 7) is 6.66. The Bertz CT molecular complexity index is 475. The highest BCUT2D eigenvalue weighted by molar-refractivity contribution is 5.76. The number of ether oxygens (including phenoxy) is 2. The van der Waals surface area contributed by atoms with Gasteiger partial charge < -0.3 is 14.4 Å². The van der Waals surface area contributed by atoms with Crippen LogP contribution >= 0.6 is 0 Å². The van der Waals surface area contributed by atoms with Gasteiger partial charge >= 0.3 is 0 Å². The van der Waals surface area contributed by atoms with E-state index < -0.39 is 0 Å². The summed E-state index contributed by atoms with van der Waals surface area (Å²) < 4.78 is 11.0. The van der Waals surface area contributed by atoms with Gasteiger partial charge in [0, 0.05) is 12.1 Å². The largest absolute Gasteiger partial charge is 0.493 e. The van der Waals surface area contributed by atoms with Crippen LogP contribution in [0.5, 0.6) is 11.5 Å². The first-order chi connectivity index (χ1) is 10.7. The summed E-state index contributed by atoms with van der Waals surface area (Å²) in [6.07, 6.45) is 5.70. The van der Waals surface area contributed by atoms with Crippen molar-refractivity contribution >= 4 is 6.29 Å². The summed E-state index contributed by atoms with van der Waals surface area (Å²) >= 11 is 0. The molecule has 0 N–H and O–H groups in total. The first-order valence-electron chi connectivity index (χ1n) is 8.21. The summed E-state index contributed by atoms with van der Waals surface area (Å²) in [7, 11) is 1.59. The fourth-order valence-electron chi connectivity index (χ4n) is 2.99. The molecule has 22 heavy (non-hydrogen) atoms. The Labute approximate surface area is 133 Å². The third-order valence-corrected chi connectivity index (χ3v) is 4.19. The van der Waals surface area contributed by atoms with E-state index in [1.54, 1.807) is 25.3 Å². The minimum absolute atomic E-state index is 0.600. The molecule has 0 aromatic heterocycles. The van der Waals surface area contributed by atoms with E-state index >= 15 is 0 Å². The topological polar surface area (TPSA) is 38.8 Å². The number of carbonyl (C=O) groups is 1. The predicted octanol–water partition coefficient (Wildman–Crippen LogP) is 3.40. The molecule has 0 aliphatic carbocycles. The van der Waals surface area contributed by atoms with Crippen LogP contribution in [0, 0.1) is 5.92 Å². The van der Waals surface area contributed by atoms with Gasteiger partial charge in [0.15, 0.2) is 11.5 Å². The number of hydrogen-bond donors (Lipinski definition) is 0. The van der Waals surface area contributed by atoms with E-state index in [2.05, 4.69) is 11.8 Å². The van der Waals surface area contributed by atoms with Crippen LogP contribution < -0.4 is 9.47 Å². The zero-order valence-electron chi connectivity index (χ0n) is 13.7. The number of piperidine rings is 1. The molecule has 0 spiro atoms. The van der Waals surface area contributed by atoms with Crippen LogP contribution in [-0.4, -0.2) is 44.5 Å². The summed E-state index contributed by atoms with van der Waals surface area (Å²) in [5.41, 5.74) is 0.600. The smallest absolute Gasteiger partial charge is 0.161 e. The molecular formula is C18H27NO3. The fraction of sp³-hybridized carbons (Fsp3) is 0.611. The number of likely N-dealkylation sites (tertiary alicyclic amines) is 1. The van der Waals surface area contributed by atoms with Crippen LogP contribution in [0.2, 0.25) is 0 Å². The predicted molar refractivity (Wildman–Crippen MR) is 87.9 cm³/mol. The summed E-state index contributed by atoms with van der Waals surface area (Å²) in [4.78, 5) is 13.3. The van der Waals surface area contributed by atoms with Crippen LogP contribution in [-0.2, 0) is 0 Å². The number of hydrogen-bond acceptors (Lipinski definition) is 4.